The normalized spacial score (nSPS) is 12.1. The summed E-state index contributed by atoms with van der Waals surface area (Å²) in [6.07, 6.45) is 1.03. The summed E-state index contributed by atoms with van der Waals surface area (Å²) in [7, 11) is 0. The summed E-state index contributed by atoms with van der Waals surface area (Å²) in [5, 5.41) is 26.7. The molecule has 0 aliphatic heterocycles. The SMILES string of the molecule is CC(Nc1nc(Cl)ncc1[N+](=O)[O-])c1nn[nH]n1. The van der Waals surface area contributed by atoms with Gasteiger partial charge in [0.15, 0.2) is 5.82 Å². The van der Waals surface area contributed by atoms with E-state index in [0.717, 1.165) is 6.20 Å². The molecule has 10 nitrogen and oxygen atoms in total. The molecule has 1 unspecified atom stereocenters. The van der Waals surface area contributed by atoms with Crippen molar-refractivity contribution in [1.82, 2.24) is 30.6 Å². The lowest BCUT2D eigenvalue weighted by atomic mass is 10.3. The van der Waals surface area contributed by atoms with Crippen molar-refractivity contribution in [3.63, 3.8) is 0 Å². The number of aromatic amines is 1. The first kappa shape index (κ1) is 12.1. The minimum atomic E-state index is -0.610. The number of tetrazole rings is 1. The van der Waals surface area contributed by atoms with E-state index >= 15 is 0 Å². The lowest BCUT2D eigenvalue weighted by Crippen LogP contribution is -2.12. The molecule has 0 amide bonds. The second kappa shape index (κ2) is 4.87. The third-order valence-electron chi connectivity index (χ3n) is 2.04. The molecule has 0 saturated carbocycles. The summed E-state index contributed by atoms with van der Waals surface area (Å²) in [4.78, 5) is 17.5. The lowest BCUT2D eigenvalue weighted by Gasteiger charge is -2.10. The molecule has 11 heteroatoms. The number of rotatable bonds is 4. The largest absolute Gasteiger partial charge is 0.354 e. The van der Waals surface area contributed by atoms with E-state index in [2.05, 4.69) is 35.9 Å². The zero-order chi connectivity index (χ0) is 13.1. The highest BCUT2D eigenvalue weighted by Gasteiger charge is 2.20. The first-order chi connectivity index (χ1) is 8.58. The molecule has 0 radical (unpaired) electrons. The van der Waals surface area contributed by atoms with Crippen LogP contribution in [0, 0.1) is 10.1 Å². The van der Waals surface area contributed by atoms with Crippen molar-refractivity contribution in [3.05, 3.63) is 27.4 Å². The number of anilines is 1. The number of H-pyrrole nitrogens is 1. The van der Waals surface area contributed by atoms with Crippen molar-refractivity contribution < 1.29 is 4.92 Å². The lowest BCUT2D eigenvalue weighted by molar-refractivity contribution is -0.384. The van der Waals surface area contributed by atoms with Crippen LogP contribution in [0.25, 0.3) is 0 Å². The zero-order valence-electron chi connectivity index (χ0n) is 9.03. The van der Waals surface area contributed by atoms with Crippen molar-refractivity contribution in [2.75, 3.05) is 5.32 Å². The molecule has 0 bridgehead atoms. The predicted molar refractivity (Wildman–Crippen MR) is 59.9 cm³/mol. The molecular formula is C7H7ClN8O2. The number of nitro groups is 1. The Morgan fingerprint density at radius 3 is 3.00 bits per heavy atom. The van der Waals surface area contributed by atoms with Crippen LogP contribution in [0.4, 0.5) is 11.5 Å². The molecule has 0 fully saturated rings. The molecule has 1 atom stereocenters. The van der Waals surface area contributed by atoms with E-state index < -0.39 is 11.0 Å². The maximum absolute atomic E-state index is 10.8. The van der Waals surface area contributed by atoms with Crippen LogP contribution >= 0.6 is 11.6 Å². The van der Waals surface area contributed by atoms with Gasteiger partial charge in [-0.15, -0.1) is 10.2 Å². The molecular weight excluding hydrogens is 264 g/mol. The molecule has 2 aromatic rings. The van der Waals surface area contributed by atoms with Crippen LogP contribution in [0.2, 0.25) is 5.28 Å². The smallest absolute Gasteiger partial charge is 0.329 e. The summed E-state index contributed by atoms with van der Waals surface area (Å²) >= 11 is 5.60. The van der Waals surface area contributed by atoms with Crippen LogP contribution in [0.1, 0.15) is 18.8 Å². The van der Waals surface area contributed by atoms with E-state index in [1.165, 1.54) is 0 Å². The Morgan fingerprint density at radius 2 is 2.39 bits per heavy atom. The van der Waals surface area contributed by atoms with Gasteiger partial charge in [-0.25, -0.2) is 4.98 Å². The fourth-order valence-corrected chi connectivity index (χ4v) is 1.35. The third kappa shape index (κ3) is 2.48. The highest BCUT2D eigenvalue weighted by atomic mass is 35.5. The van der Waals surface area contributed by atoms with E-state index in [-0.39, 0.29) is 16.8 Å². The summed E-state index contributed by atoms with van der Waals surface area (Å²) in [5.74, 6) is 0.344. The monoisotopic (exact) mass is 270 g/mol. The van der Waals surface area contributed by atoms with Crippen molar-refractivity contribution in [3.8, 4) is 0 Å². The fourth-order valence-electron chi connectivity index (χ4n) is 1.22. The molecule has 0 spiro atoms. The maximum Gasteiger partial charge on any atom is 0.329 e. The second-order valence-electron chi connectivity index (χ2n) is 3.27. The molecule has 94 valence electrons. The van der Waals surface area contributed by atoms with Gasteiger partial charge in [-0.2, -0.15) is 10.2 Å². The minimum absolute atomic E-state index is 0.00250. The Balaban J connectivity index is 2.28. The summed E-state index contributed by atoms with van der Waals surface area (Å²) in [6, 6.07) is -0.423. The van der Waals surface area contributed by atoms with Crippen molar-refractivity contribution in [2.24, 2.45) is 0 Å². The van der Waals surface area contributed by atoms with Crippen LogP contribution in [0.3, 0.4) is 0 Å². The van der Waals surface area contributed by atoms with Gasteiger partial charge in [0.05, 0.1) is 11.0 Å². The van der Waals surface area contributed by atoms with Gasteiger partial charge in [-0.3, -0.25) is 10.1 Å². The van der Waals surface area contributed by atoms with Crippen molar-refractivity contribution >= 4 is 23.1 Å². The van der Waals surface area contributed by atoms with Gasteiger partial charge in [0.1, 0.15) is 6.20 Å². The van der Waals surface area contributed by atoms with E-state index in [1.807, 2.05) is 0 Å². The molecule has 2 heterocycles. The Morgan fingerprint density at radius 1 is 1.61 bits per heavy atom. The Labute approximate surface area is 105 Å². The number of nitrogens with zero attached hydrogens (tertiary/aromatic N) is 6. The third-order valence-corrected chi connectivity index (χ3v) is 2.22. The van der Waals surface area contributed by atoms with E-state index in [4.69, 9.17) is 11.6 Å². The van der Waals surface area contributed by atoms with Gasteiger partial charge in [0.25, 0.3) is 0 Å². The molecule has 0 aliphatic carbocycles. The van der Waals surface area contributed by atoms with Crippen LogP contribution in [0.5, 0.6) is 0 Å². The molecule has 2 N–H and O–H groups in total. The Kier molecular flexibility index (Phi) is 3.28. The first-order valence-corrected chi connectivity index (χ1v) is 5.12. The Bertz CT molecular complexity index is 559. The van der Waals surface area contributed by atoms with Crippen LogP contribution < -0.4 is 5.32 Å². The number of hydrogen-bond donors (Lipinski definition) is 2. The van der Waals surface area contributed by atoms with Gasteiger partial charge in [-0.05, 0) is 18.5 Å². The van der Waals surface area contributed by atoms with Crippen LogP contribution in [-0.4, -0.2) is 35.5 Å². The summed E-state index contributed by atoms with van der Waals surface area (Å²) < 4.78 is 0. The highest BCUT2D eigenvalue weighted by Crippen LogP contribution is 2.25. The zero-order valence-corrected chi connectivity index (χ0v) is 9.79. The minimum Gasteiger partial charge on any atom is -0.354 e. The van der Waals surface area contributed by atoms with E-state index in [1.54, 1.807) is 6.92 Å². The number of nitrogens with one attached hydrogen (secondary N) is 2. The predicted octanol–water partition coefficient (Wildman–Crippen LogP) is 0.724. The summed E-state index contributed by atoms with van der Waals surface area (Å²) in [6.45, 7) is 1.70. The Hall–Kier alpha value is -2.36. The average Bonchev–Trinajstić information content (AvgIpc) is 2.81. The molecule has 18 heavy (non-hydrogen) atoms. The number of aromatic nitrogens is 6. The summed E-state index contributed by atoms with van der Waals surface area (Å²) in [5.41, 5.74) is -0.283. The average molecular weight is 271 g/mol. The topological polar surface area (TPSA) is 135 Å². The van der Waals surface area contributed by atoms with Gasteiger partial charge < -0.3 is 5.32 Å². The van der Waals surface area contributed by atoms with Crippen molar-refractivity contribution in [2.45, 2.75) is 13.0 Å². The molecule has 0 aliphatic rings. The maximum atomic E-state index is 10.8. The van der Waals surface area contributed by atoms with Gasteiger partial charge in [-0.1, -0.05) is 5.21 Å². The van der Waals surface area contributed by atoms with E-state index in [0.29, 0.717) is 5.82 Å². The molecule has 0 saturated heterocycles. The number of hydrogen-bond acceptors (Lipinski definition) is 8. The van der Waals surface area contributed by atoms with Crippen LogP contribution in [-0.2, 0) is 0 Å². The van der Waals surface area contributed by atoms with Crippen LogP contribution in [0.15, 0.2) is 6.20 Å². The quantitative estimate of drug-likeness (QED) is 0.471. The van der Waals surface area contributed by atoms with Gasteiger partial charge in [0, 0.05) is 0 Å². The standard InChI is InChI=1S/C7H7ClN8O2/c1-3(5-12-14-15-13-5)10-6-4(16(17)18)2-9-7(8)11-6/h2-3H,1H3,(H,9,10,11)(H,12,13,14,15). The van der Waals surface area contributed by atoms with Gasteiger partial charge in [0.2, 0.25) is 11.1 Å². The molecule has 0 aromatic carbocycles. The highest BCUT2D eigenvalue weighted by molar-refractivity contribution is 6.28. The molecule has 2 aromatic heterocycles. The fraction of sp³-hybridized carbons (Fsp3) is 0.286. The first-order valence-electron chi connectivity index (χ1n) is 4.74. The molecule has 2 rings (SSSR count). The van der Waals surface area contributed by atoms with Gasteiger partial charge >= 0.3 is 5.69 Å². The number of halogens is 1. The second-order valence-corrected chi connectivity index (χ2v) is 3.60. The van der Waals surface area contributed by atoms with Crippen molar-refractivity contribution in [1.29, 1.82) is 0 Å². The van der Waals surface area contributed by atoms with E-state index in [9.17, 15) is 10.1 Å².